The van der Waals surface area contributed by atoms with E-state index in [2.05, 4.69) is 0 Å². The number of aliphatic carboxylic acids is 1. The monoisotopic (exact) mass is 295 g/mol. The van der Waals surface area contributed by atoms with E-state index in [0.717, 1.165) is 11.1 Å². The average Bonchev–Trinajstić information content (AvgIpc) is 2.87. The summed E-state index contributed by atoms with van der Waals surface area (Å²) in [7, 11) is 0. The van der Waals surface area contributed by atoms with Crippen LogP contribution in [0.4, 0.5) is 0 Å². The first-order valence-electron chi connectivity index (χ1n) is 6.29. The van der Waals surface area contributed by atoms with Gasteiger partial charge in [0.25, 0.3) is 5.91 Å². The number of carbonyl (C=O) groups excluding carboxylic acids is 1. The van der Waals surface area contributed by atoms with Crippen LogP contribution in [0.25, 0.3) is 0 Å². The molecule has 1 amide bonds. The van der Waals surface area contributed by atoms with Gasteiger partial charge in [0.15, 0.2) is 6.61 Å². The second-order valence-electron chi connectivity index (χ2n) is 4.73. The van der Waals surface area contributed by atoms with Crippen molar-refractivity contribution in [3.05, 3.63) is 29.3 Å². The number of carbonyl (C=O) groups is 2. The molecular formula is C14H17NO4S. The molecule has 0 bridgehead atoms. The van der Waals surface area contributed by atoms with Crippen LogP contribution in [0.5, 0.6) is 5.75 Å². The number of hydrogen-bond donors (Lipinski definition) is 1. The molecule has 1 aromatic carbocycles. The Morgan fingerprint density at radius 3 is 2.65 bits per heavy atom. The summed E-state index contributed by atoms with van der Waals surface area (Å²) in [5, 5.41) is 9.06. The molecule has 1 unspecified atom stereocenters. The number of benzene rings is 1. The summed E-state index contributed by atoms with van der Waals surface area (Å²) in [5.74, 6) is 0.288. The van der Waals surface area contributed by atoms with Gasteiger partial charge in [-0.2, -0.15) is 0 Å². The number of rotatable bonds is 4. The zero-order chi connectivity index (χ0) is 14.7. The molecule has 0 aromatic heterocycles. The van der Waals surface area contributed by atoms with Gasteiger partial charge in [0, 0.05) is 5.75 Å². The molecule has 1 N–H and O–H groups in total. The molecule has 0 spiro atoms. The number of aryl methyl sites for hydroxylation is 2. The summed E-state index contributed by atoms with van der Waals surface area (Å²) >= 11 is 1.44. The number of hydrogen-bond acceptors (Lipinski definition) is 4. The normalized spacial score (nSPS) is 18.1. The van der Waals surface area contributed by atoms with Gasteiger partial charge in [-0.3, -0.25) is 4.79 Å². The summed E-state index contributed by atoms with van der Waals surface area (Å²) in [6.45, 7) is 3.70. The van der Waals surface area contributed by atoms with E-state index in [1.54, 1.807) is 0 Å². The summed E-state index contributed by atoms with van der Waals surface area (Å²) in [5.41, 5.74) is 1.92. The highest BCUT2D eigenvalue weighted by molar-refractivity contribution is 7.99. The minimum atomic E-state index is -0.963. The molecule has 0 aliphatic carbocycles. The lowest BCUT2D eigenvalue weighted by Crippen LogP contribution is -2.43. The third-order valence-electron chi connectivity index (χ3n) is 3.24. The molecule has 0 saturated carbocycles. The Morgan fingerprint density at radius 1 is 1.40 bits per heavy atom. The second-order valence-corrected chi connectivity index (χ2v) is 5.73. The van der Waals surface area contributed by atoms with Crippen LogP contribution in [-0.4, -0.2) is 46.2 Å². The van der Waals surface area contributed by atoms with Crippen LogP contribution in [0, 0.1) is 13.8 Å². The van der Waals surface area contributed by atoms with Crippen molar-refractivity contribution in [3.8, 4) is 5.75 Å². The van der Waals surface area contributed by atoms with Crippen molar-refractivity contribution in [2.45, 2.75) is 19.9 Å². The highest BCUT2D eigenvalue weighted by atomic mass is 32.2. The van der Waals surface area contributed by atoms with Crippen molar-refractivity contribution in [1.29, 1.82) is 0 Å². The molecule has 1 aliphatic rings. The van der Waals surface area contributed by atoms with Gasteiger partial charge in [0.1, 0.15) is 11.8 Å². The number of amides is 1. The van der Waals surface area contributed by atoms with E-state index in [1.165, 1.54) is 16.7 Å². The first-order chi connectivity index (χ1) is 9.50. The molecule has 108 valence electrons. The second kappa shape index (κ2) is 6.17. The van der Waals surface area contributed by atoms with E-state index in [9.17, 15) is 9.59 Å². The predicted octanol–water partition coefficient (Wildman–Crippen LogP) is 1.67. The molecule has 6 heteroatoms. The average molecular weight is 295 g/mol. The lowest BCUT2D eigenvalue weighted by atomic mass is 10.1. The Kier molecular flexibility index (Phi) is 4.54. The first-order valence-corrected chi connectivity index (χ1v) is 7.45. The van der Waals surface area contributed by atoms with Crippen molar-refractivity contribution in [1.82, 2.24) is 4.90 Å². The van der Waals surface area contributed by atoms with Crippen LogP contribution in [0.3, 0.4) is 0 Å². The molecule has 1 fully saturated rings. The number of ether oxygens (including phenoxy) is 1. The van der Waals surface area contributed by atoms with Crippen LogP contribution in [-0.2, 0) is 9.59 Å². The molecule has 1 heterocycles. The van der Waals surface area contributed by atoms with E-state index < -0.39 is 12.0 Å². The van der Waals surface area contributed by atoms with E-state index >= 15 is 0 Å². The summed E-state index contributed by atoms with van der Waals surface area (Å²) < 4.78 is 5.58. The summed E-state index contributed by atoms with van der Waals surface area (Å²) in [6, 6.07) is 5.02. The Bertz CT molecular complexity index is 512. The van der Waals surface area contributed by atoms with Gasteiger partial charge in [0.2, 0.25) is 0 Å². The van der Waals surface area contributed by atoms with E-state index in [4.69, 9.17) is 9.84 Å². The smallest absolute Gasteiger partial charge is 0.327 e. The molecule has 1 aromatic rings. The van der Waals surface area contributed by atoms with E-state index in [1.807, 2.05) is 32.0 Å². The largest absolute Gasteiger partial charge is 0.483 e. The standard InChI is InChI=1S/C14H17NO4S/c1-9-4-3-5-10(2)13(9)19-6-12(16)15-8-20-7-11(15)14(17)18/h3-5,11H,6-8H2,1-2H3,(H,17,18). The number of nitrogens with zero attached hydrogens (tertiary/aromatic N) is 1. The number of thioether (sulfide) groups is 1. The Labute approximate surface area is 121 Å². The molecule has 1 saturated heterocycles. The SMILES string of the molecule is Cc1cccc(C)c1OCC(=O)N1CSCC1C(=O)O. The minimum absolute atomic E-state index is 0.129. The van der Waals surface area contributed by atoms with Crippen LogP contribution < -0.4 is 4.74 Å². The van der Waals surface area contributed by atoms with Gasteiger partial charge < -0.3 is 14.7 Å². The van der Waals surface area contributed by atoms with Crippen LogP contribution in [0.2, 0.25) is 0 Å². The zero-order valence-electron chi connectivity index (χ0n) is 11.5. The van der Waals surface area contributed by atoms with Crippen molar-refractivity contribution in [3.63, 3.8) is 0 Å². The van der Waals surface area contributed by atoms with Gasteiger partial charge in [-0.15, -0.1) is 11.8 Å². The number of carboxylic acid groups (broad SMARTS) is 1. The maximum atomic E-state index is 12.1. The summed E-state index contributed by atoms with van der Waals surface area (Å²) in [6.07, 6.45) is 0. The van der Waals surface area contributed by atoms with Crippen molar-refractivity contribution in [2.75, 3.05) is 18.2 Å². The topological polar surface area (TPSA) is 66.8 Å². The molecule has 0 radical (unpaired) electrons. The fourth-order valence-electron chi connectivity index (χ4n) is 2.14. The highest BCUT2D eigenvalue weighted by Crippen LogP contribution is 2.24. The third-order valence-corrected chi connectivity index (χ3v) is 4.25. The van der Waals surface area contributed by atoms with Gasteiger partial charge >= 0.3 is 5.97 Å². The number of carboxylic acids is 1. The van der Waals surface area contributed by atoms with Gasteiger partial charge in [-0.05, 0) is 25.0 Å². The quantitative estimate of drug-likeness (QED) is 0.915. The highest BCUT2D eigenvalue weighted by Gasteiger charge is 2.34. The lowest BCUT2D eigenvalue weighted by molar-refractivity contribution is -0.148. The molecule has 2 rings (SSSR count). The van der Waals surface area contributed by atoms with E-state index in [-0.39, 0.29) is 12.5 Å². The fourth-order valence-corrected chi connectivity index (χ4v) is 3.31. The first kappa shape index (κ1) is 14.7. The van der Waals surface area contributed by atoms with Gasteiger partial charge in [-0.1, -0.05) is 18.2 Å². The zero-order valence-corrected chi connectivity index (χ0v) is 12.3. The molecule has 1 aliphatic heterocycles. The molecule has 5 nitrogen and oxygen atoms in total. The molecule has 20 heavy (non-hydrogen) atoms. The maximum absolute atomic E-state index is 12.1. The summed E-state index contributed by atoms with van der Waals surface area (Å²) in [4.78, 5) is 24.5. The Hall–Kier alpha value is -1.69. The van der Waals surface area contributed by atoms with Crippen molar-refractivity contribution in [2.24, 2.45) is 0 Å². The fraction of sp³-hybridized carbons (Fsp3) is 0.429. The predicted molar refractivity (Wildman–Crippen MR) is 77.0 cm³/mol. The van der Waals surface area contributed by atoms with Crippen LogP contribution in [0.15, 0.2) is 18.2 Å². The molecule has 1 atom stereocenters. The molecular weight excluding hydrogens is 278 g/mol. The third kappa shape index (κ3) is 3.07. The van der Waals surface area contributed by atoms with Crippen molar-refractivity contribution >= 4 is 23.6 Å². The number of para-hydroxylation sites is 1. The maximum Gasteiger partial charge on any atom is 0.327 e. The van der Waals surface area contributed by atoms with Gasteiger partial charge in [-0.25, -0.2) is 4.79 Å². The van der Waals surface area contributed by atoms with E-state index in [0.29, 0.717) is 17.4 Å². The minimum Gasteiger partial charge on any atom is -0.483 e. The van der Waals surface area contributed by atoms with Gasteiger partial charge in [0.05, 0.1) is 5.88 Å². The van der Waals surface area contributed by atoms with Crippen LogP contribution in [0.1, 0.15) is 11.1 Å². The Balaban J connectivity index is 2.00. The Morgan fingerprint density at radius 2 is 2.05 bits per heavy atom. The van der Waals surface area contributed by atoms with Crippen molar-refractivity contribution < 1.29 is 19.4 Å². The lowest BCUT2D eigenvalue weighted by Gasteiger charge is -2.21. The van der Waals surface area contributed by atoms with Crippen LogP contribution >= 0.6 is 11.8 Å².